The minimum atomic E-state index is -0.0203. The van der Waals surface area contributed by atoms with E-state index in [-0.39, 0.29) is 10.8 Å². The molecule has 0 aliphatic carbocycles. The number of halogens is 3. The lowest BCUT2D eigenvalue weighted by Crippen LogP contribution is -1.76. The third-order valence-corrected chi connectivity index (χ3v) is 3.76. The summed E-state index contributed by atoms with van der Waals surface area (Å²) in [6, 6.07) is 6.70. The van der Waals surface area contributed by atoms with Gasteiger partial charge in [0.2, 0.25) is 0 Å². The maximum atomic E-state index is 9.34. The molecule has 0 unspecified atom stereocenters. The van der Waals surface area contributed by atoms with Gasteiger partial charge in [0.25, 0.3) is 0 Å². The molecular formula is C10H5Cl3OS. The molecule has 0 aliphatic rings. The lowest BCUT2D eigenvalue weighted by atomic mass is 10.2. The zero-order chi connectivity index (χ0) is 11.0. The minimum absolute atomic E-state index is 0.0203. The SMILES string of the molecule is Oc1cc(Cl)c(-c2ccc(Cl)s2)cc1Cl. The molecule has 5 heteroatoms. The van der Waals surface area contributed by atoms with Gasteiger partial charge in [-0.25, -0.2) is 0 Å². The summed E-state index contributed by atoms with van der Waals surface area (Å²) in [6.45, 7) is 0. The number of phenolic OH excluding ortho intramolecular Hbond substituents is 1. The van der Waals surface area contributed by atoms with Crippen LogP contribution in [0.15, 0.2) is 24.3 Å². The number of hydrogen-bond acceptors (Lipinski definition) is 2. The van der Waals surface area contributed by atoms with E-state index in [1.165, 1.54) is 17.4 Å². The second-order valence-corrected chi connectivity index (χ2v) is 5.42. The number of benzene rings is 1. The van der Waals surface area contributed by atoms with Crippen molar-refractivity contribution in [2.75, 3.05) is 0 Å². The normalized spacial score (nSPS) is 10.6. The molecule has 0 spiro atoms. The Balaban J connectivity index is 2.58. The van der Waals surface area contributed by atoms with Gasteiger partial charge in [0, 0.05) is 16.5 Å². The highest BCUT2D eigenvalue weighted by molar-refractivity contribution is 7.19. The Bertz CT molecular complexity index is 507. The van der Waals surface area contributed by atoms with Crippen molar-refractivity contribution in [3.8, 4) is 16.2 Å². The van der Waals surface area contributed by atoms with Crippen molar-refractivity contribution in [3.05, 3.63) is 38.6 Å². The summed E-state index contributed by atoms with van der Waals surface area (Å²) in [5.41, 5.74) is 0.774. The van der Waals surface area contributed by atoms with Crippen LogP contribution in [0.5, 0.6) is 5.75 Å². The quantitative estimate of drug-likeness (QED) is 0.771. The molecule has 1 nitrogen and oxygen atoms in total. The number of hydrogen-bond donors (Lipinski definition) is 1. The van der Waals surface area contributed by atoms with E-state index in [4.69, 9.17) is 34.8 Å². The molecule has 2 rings (SSSR count). The van der Waals surface area contributed by atoms with Crippen LogP contribution in [0.4, 0.5) is 0 Å². The van der Waals surface area contributed by atoms with Crippen molar-refractivity contribution in [2.24, 2.45) is 0 Å². The molecule has 1 aromatic heterocycles. The average molecular weight is 280 g/mol. The predicted octanol–water partition coefficient (Wildman–Crippen LogP) is 5.08. The molecule has 2 aromatic rings. The van der Waals surface area contributed by atoms with Gasteiger partial charge in [0.05, 0.1) is 14.4 Å². The Morgan fingerprint density at radius 2 is 1.73 bits per heavy atom. The minimum Gasteiger partial charge on any atom is -0.506 e. The van der Waals surface area contributed by atoms with Crippen LogP contribution in [0.25, 0.3) is 10.4 Å². The number of phenols is 1. The predicted molar refractivity (Wildman–Crippen MR) is 66.4 cm³/mol. The van der Waals surface area contributed by atoms with Crippen molar-refractivity contribution in [1.82, 2.24) is 0 Å². The Morgan fingerprint density at radius 3 is 2.33 bits per heavy atom. The molecule has 1 N–H and O–H groups in total. The molecule has 1 heterocycles. The second kappa shape index (κ2) is 4.22. The van der Waals surface area contributed by atoms with Crippen LogP contribution in [0, 0.1) is 0 Å². The van der Waals surface area contributed by atoms with Gasteiger partial charge < -0.3 is 5.11 Å². The van der Waals surface area contributed by atoms with Crippen LogP contribution in [-0.2, 0) is 0 Å². The molecule has 0 radical (unpaired) electrons. The van der Waals surface area contributed by atoms with Gasteiger partial charge in [-0.05, 0) is 18.2 Å². The van der Waals surface area contributed by atoms with Gasteiger partial charge in [0.1, 0.15) is 5.75 Å². The van der Waals surface area contributed by atoms with Crippen LogP contribution in [0.3, 0.4) is 0 Å². The van der Waals surface area contributed by atoms with E-state index >= 15 is 0 Å². The lowest BCUT2D eigenvalue weighted by Gasteiger charge is -2.03. The highest BCUT2D eigenvalue weighted by Crippen LogP contribution is 2.39. The largest absolute Gasteiger partial charge is 0.506 e. The van der Waals surface area contributed by atoms with Crippen LogP contribution in [-0.4, -0.2) is 5.11 Å². The van der Waals surface area contributed by atoms with Crippen LogP contribution < -0.4 is 0 Å². The van der Waals surface area contributed by atoms with Gasteiger partial charge in [-0.2, -0.15) is 0 Å². The Morgan fingerprint density at radius 1 is 1.00 bits per heavy atom. The second-order valence-electron chi connectivity index (χ2n) is 2.89. The number of thiophene rings is 1. The van der Waals surface area contributed by atoms with E-state index in [0.29, 0.717) is 9.36 Å². The van der Waals surface area contributed by atoms with Crippen LogP contribution >= 0.6 is 46.1 Å². The average Bonchev–Trinajstić information content (AvgIpc) is 2.58. The molecular weight excluding hydrogens is 275 g/mol. The first kappa shape index (κ1) is 11.1. The van der Waals surface area contributed by atoms with E-state index in [1.807, 2.05) is 6.07 Å². The number of rotatable bonds is 1. The monoisotopic (exact) mass is 278 g/mol. The molecule has 0 amide bonds. The van der Waals surface area contributed by atoms with E-state index in [0.717, 1.165) is 10.4 Å². The zero-order valence-corrected chi connectivity index (χ0v) is 10.4. The zero-order valence-electron chi connectivity index (χ0n) is 7.30. The molecule has 15 heavy (non-hydrogen) atoms. The van der Waals surface area contributed by atoms with Crippen LogP contribution in [0.1, 0.15) is 0 Å². The summed E-state index contributed by atoms with van der Waals surface area (Å²) in [6.07, 6.45) is 0. The first-order chi connectivity index (χ1) is 7.08. The van der Waals surface area contributed by atoms with E-state index < -0.39 is 0 Å². The molecule has 0 aliphatic heterocycles. The van der Waals surface area contributed by atoms with Crippen molar-refractivity contribution in [2.45, 2.75) is 0 Å². The van der Waals surface area contributed by atoms with Crippen molar-refractivity contribution >= 4 is 46.1 Å². The fourth-order valence-electron chi connectivity index (χ4n) is 1.18. The Kier molecular flexibility index (Phi) is 3.12. The maximum Gasteiger partial charge on any atom is 0.135 e. The fraction of sp³-hybridized carbons (Fsp3) is 0. The first-order valence-electron chi connectivity index (χ1n) is 4.01. The van der Waals surface area contributed by atoms with Gasteiger partial charge in [-0.3, -0.25) is 0 Å². The molecule has 0 atom stereocenters. The van der Waals surface area contributed by atoms with Crippen molar-refractivity contribution < 1.29 is 5.11 Å². The standard InChI is InChI=1S/C10H5Cl3OS/c11-6-4-8(14)7(12)3-5(6)9-1-2-10(13)15-9/h1-4,14H. The van der Waals surface area contributed by atoms with E-state index in [2.05, 4.69) is 0 Å². The molecule has 78 valence electrons. The highest BCUT2D eigenvalue weighted by atomic mass is 35.5. The number of aromatic hydroxyl groups is 1. The highest BCUT2D eigenvalue weighted by Gasteiger charge is 2.10. The first-order valence-corrected chi connectivity index (χ1v) is 5.96. The van der Waals surface area contributed by atoms with Crippen molar-refractivity contribution in [3.63, 3.8) is 0 Å². The molecule has 1 aromatic carbocycles. The van der Waals surface area contributed by atoms with Crippen molar-refractivity contribution in [1.29, 1.82) is 0 Å². The molecule has 0 bridgehead atoms. The topological polar surface area (TPSA) is 20.2 Å². The summed E-state index contributed by atoms with van der Waals surface area (Å²) in [5.74, 6) is -0.0203. The maximum absolute atomic E-state index is 9.34. The van der Waals surface area contributed by atoms with E-state index in [9.17, 15) is 5.11 Å². The molecule has 0 fully saturated rings. The lowest BCUT2D eigenvalue weighted by molar-refractivity contribution is 0.475. The molecule has 0 saturated carbocycles. The summed E-state index contributed by atoms with van der Waals surface area (Å²) >= 11 is 19.0. The van der Waals surface area contributed by atoms with E-state index in [1.54, 1.807) is 12.1 Å². The molecule has 0 saturated heterocycles. The third-order valence-electron chi connectivity index (χ3n) is 1.88. The fourth-order valence-corrected chi connectivity index (χ4v) is 2.74. The van der Waals surface area contributed by atoms with Crippen LogP contribution in [0.2, 0.25) is 14.4 Å². The van der Waals surface area contributed by atoms with Gasteiger partial charge >= 0.3 is 0 Å². The summed E-state index contributed by atoms with van der Waals surface area (Å²) in [7, 11) is 0. The van der Waals surface area contributed by atoms with Gasteiger partial charge in [-0.1, -0.05) is 34.8 Å². The Hall–Kier alpha value is -0.410. The summed E-state index contributed by atoms with van der Waals surface area (Å²) < 4.78 is 0.685. The third kappa shape index (κ3) is 2.23. The van der Waals surface area contributed by atoms with Gasteiger partial charge in [-0.15, -0.1) is 11.3 Å². The summed E-state index contributed by atoms with van der Waals surface area (Å²) in [4.78, 5) is 0.923. The summed E-state index contributed by atoms with van der Waals surface area (Å²) in [5, 5.41) is 10.1. The van der Waals surface area contributed by atoms with Gasteiger partial charge in [0.15, 0.2) is 0 Å². The smallest absolute Gasteiger partial charge is 0.135 e. The Labute approximate surface area is 106 Å².